The van der Waals surface area contributed by atoms with E-state index in [2.05, 4.69) is 27.7 Å². The minimum atomic E-state index is -0.419. The fourth-order valence-electron chi connectivity index (χ4n) is 8.61. The molecule has 4 aliphatic carbocycles. The van der Waals surface area contributed by atoms with Crippen molar-refractivity contribution in [3.63, 3.8) is 0 Å². The Hall–Kier alpha value is -0.120. The molecule has 0 aromatic carbocycles. The van der Waals surface area contributed by atoms with Crippen LogP contribution in [-0.2, 0) is 14.2 Å². The van der Waals surface area contributed by atoms with E-state index in [-0.39, 0.29) is 0 Å². The van der Waals surface area contributed by atoms with Gasteiger partial charge in [-0.3, -0.25) is 0 Å². The second kappa shape index (κ2) is 5.94. The highest BCUT2D eigenvalue weighted by molar-refractivity contribution is 5.14. The molecule has 0 aromatic heterocycles. The molecule has 1 heterocycles. The fourth-order valence-corrected chi connectivity index (χ4v) is 8.61. The molecule has 5 rings (SSSR count). The molecule has 0 spiro atoms. The molecule has 0 amide bonds. The maximum absolute atomic E-state index is 6.68. The zero-order chi connectivity index (χ0) is 18.3. The van der Waals surface area contributed by atoms with Crippen molar-refractivity contribution in [3.05, 3.63) is 0 Å². The first kappa shape index (κ1) is 17.9. The fraction of sp³-hybridized carbons (Fsp3) is 1.00. The Bertz CT molecular complexity index is 560. The number of ether oxygens (including phenoxy) is 3. The van der Waals surface area contributed by atoms with Gasteiger partial charge in [-0.05, 0) is 86.9 Å². The molecule has 10 atom stereocenters. The third-order valence-electron chi connectivity index (χ3n) is 9.26. The maximum atomic E-state index is 6.68. The van der Waals surface area contributed by atoms with Crippen molar-refractivity contribution < 1.29 is 14.2 Å². The Kier molecular flexibility index (Phi) is 4.10. The summed E-state index contributed by atoms with van der Waals surface area (Å²) in [4.78, 5) is 0. The van der Waals surface area contributed by atoms with E-state index in [9.17, 15) is 0 Å². The van der Waals surface area contributed by atoms with Gasteiger partial charge in [0.2, 0.25) is 0 Å². The van der Waals surface area contributed by atoms with Crippen LogP contribution in [0.5, 0.6) is 0 Å². The van der Waals surface area contributed by atoms with Gasteiger partial charge in [-0.25, -0.2) is 0 Å². The average Bonchev–Trinajstić information content (AvgIpc) is 3.13. The van der Waals surface area contributed by atoms with Gasteiger partial charge in [-0.2, -0.15) is 0 Å². The minimum Gasteiger partial charge on any atom is -0.381 e. The van der Waals surface area contributed by atoms with Crippen LogP contribution in [0.3, 0.4) is 0 Å². The molecule has 1 saturated heterocycles. The Labute approximate surface area is 159 Å². The molecule has 0 aromatic rings. The van der Waals surface area contributed by atoms with E-state index in [4.69, 9.17) is 14.2 Å². The predicted molar refractivity (Wildman–Crippen MR) is 102 cm³/mol. The molecule has 3 nitrogen and oxygen atoms in total. The van der Waals surface area contributed by atoms with Crippen LogP contribution in [0, 0.1) is 40.9 Å². The first-order valence-corrected chi connectivity index (χ1v) is 11.2. The van der Waals surface area contributed by atoms with Gasteiger partial charge in [0, 0.05) is 7.11 Å². The monoisotopic (exact) mass is 362 g/mol. The van der Waals surface area contributed by atoms with E-state index in [0.717, 1.165) is 23.7 Å². The van der Waals surface area contributed by atoms with Gasteiger partial charge in [0.05, 0.1) is 18.3 Å². The van der Waals surface area contributed by atoms with Crippen molar-refractivity contribution >= 4 is 0 Å². The summed E-state index contributed by atoms with van der Waals surface area (Å²) in [6.45, 7) is 9.44. The van der Waals surface area contributed by atoms with E-state index in [1.807, 2.05) is 7.11 Å². The lowest BCUT2D eigenvalue weighted by atomic mass is 9.43. The second-order valence-electron chi connectivity index (χ2n) is 11.0. The van der Waals surface area contributed by atoms with Gasteiger partial charge >= 0.3 is 0 Å². The molecule has 5 aliphatic rings. The molecule has 5 fully saturated rings. The van der Waals surface area contributed by atoms with Crippen molar-refractivity contribution in [2.45, 2.75) is 96.7 Å². The van der Waals surface area contributed by atoms with E-state index < -0.39 is 5.79 Å². The zero-order valence-corrected chi connectivity index (χ0v) is 17.4. The maximum Gasteiger partial charge on any atom is 0.163 e. The first-order valence-electron chi connectivity index (χ1n) is 11.2. The number of hydrogen-bond donors (Lipinski definition) is 0. The molecular weight excluding hydrogens is 324 g/mol. The second-order valence-corrected chi connectivity index (χ2v) is 11.0. The van der Waals surface area contributed by atoms with Crippen LogP contribution in [0.1, 0.15) is 72.6 Å². The summed E-state index contributed by atoms with van der Waals surface area (Å²) in [6, 6.07) is 0. The first-order chi connectivity index (χ1) is 12.3. The highest BCUT2D eigenvalue weighted by Gasteiger charge is 2.67. The van der Waals surface area contributed by atoms with Crippen molar-refractivity contribution in [2.75, 3.05) is 7.11 Å². The summed E-state index contributed by atoms with van der Waals surface area (Å²) in [5, 5.41) is 0. The SMILES string of the molecule is COC1CC2C[C@H](C)C3C(C2C1)C1OC(C)(C)OC1C1CCCC[C@@]13C. The van der Waals surface area contributed by atoms with Crippen molar-refractivity contribution in [2.24, 2.45) is 40.9 Å². The minimum absolute atomic E-state index is 0.303. The highest BCUT2D eigenvalue weighted by Crippen LogP contribution is 2.67. The van der Waals surface area contributed by atoms with E-state index in [0.29, 0.717) is 35.6 Å². The molecule has 1 aliphatic heterocycles. The molecule has 148 valence electrons. The third kappa shape index (κ3) is 2.42. The van der Waals surface area contributed by atoms with Crippen molar-refractivity contribution in [1.82, 2.24) is 0 Å². The highest BCUT2D eigenvalue weighted by atomic mass is 16.8. The lowest BCUT2D eigenvalue weighted by molar-refractivity contribution is -0.180. The standard InChI is InChI=1S/C23H38O3/c1-13-10-14-11-15(24-5)12-16(14)18-19(13)23(4)9-7-6-8-17(23)20-21(18)26-22(2,3)25-20/h13-21H,6-12H2,1-5H3/t13-,14?,15?,16?,17?,18?,19?,20?,21?,23-/m0/s1. The van der Waals surface area contributed by atoms with Crippen LogP contribution in [0.4, 0.5) is 0 Å². The molecule has 4 saturated carbocycles. The normalized spacial score (nSPS) is 57.8. The zero-order valence-electron chi connectivity index (χ0n) is 17.4. The van der Waals surface area contributed by atoms with Crippen molar-refractivity contribution in [1.29, 1.82) is 0 Å². The van der Waals surface area contributed by atoms with Gasteiger partial charge in [0.1, 0.15) is 0 Å². The van der Waals surface area contributed by atoms with Crippen molar-refractivity contribution in [3.8, 4) is 0 Å². The Balaban J connectivity index is 1.57. The van der Waals surface area contributed by atoms with Gasteiger partial charge in [-0.1, -0.05) is 26.7 Å². The Morgan fingerprint density at radius 3 is 2.50 bits per heavy atom. The molecule has 8 unspecified atom stereocenters. The number of rotatable bonds is 1. The summed E-state index contributed by atoms with van der Waals surface area (Å²) in [5.74, 6) is 4.12. The van der Waals surface area contributed by atoms with Crippen LogP contribution in [0.2, 0.25) is 0 Å². The summed E-state index contributed by atoms with van der Waals surface area (Å²) < 4.78 is 19.1. The molecule has 0 N–H and O–H groups in total. The summed E-state index contributed by atoms with van der Waals surface area (Å²) in [6.07, 6.45) is 10.5. The average molecular weight is 363 g/mol. The number of methoxy groups -OCH3 is 1. The van der Waals surface area contributed by atoms with E-state index in [1.165, 1.54) is 44.9 Å². The summed E-state index contributed by atoms with van der Waals surface area (Å²) >= 11 is 0. The molecule has 3 heteroatoms. The summed E-state index contributed by atoms with van der Waals surface area (Å²) in [7, 11) is 1.91. The van der Waals surface area contributed by atoms with Gasteiger partial charge < -0.3 is 14.2 Å². The van der Waals surface area contributed by atoms with Crippen LogP contribution < -0.4 is 0 Å². The molecule has 26 heavy (non-hydrogen) atoms. The molecule has 0 bridgehead atoms. The summed E-state index contributed by atoms with van der Waals surface area (Å²) in [5.41, 5.74) is 0.434. The smallest absolute Gasteiger partial charge is 0.163 e. The molecule has 0 radical (unpaired) electrons. The predicted octanol–water partition coefficient (Wildman–Crippen LogP) is 5.03. The largest absolute Gasteiger partial charge is 0.381 e. The lowest BCUT2D eigenvalue weighted by Crippen LogP contribution is -2.62. The number of fused-ring (bicyclic) bond motifs is 8. The van der Waals surface area contributed by atoms with Gasteiger partial charge in [0.25, 0.3) is 0 Å². The number of hydrogen-bond acceptors (Lipinski definition) is 3. The molecular formula is C23H38O3. The van der Waals surface area contributed by atoms with Crippen LogP contribution >= 0.6 is 0 Å². The quantitative estimate of drug-likeness (QED) is 0.655. The lowest BCUT2D eigenvalue weighted by Gasteiger charge is -2.62. The topological polar surface area (TPSA) is 27.7 Å². The van der Waals surface area contributed by atoms with E-state index in [1.54, 1.807) is 0 Å². The van der Waals surface area contributed by atoms with Gasteiger partial charge in [0.15, 0.2) is 5.79 Å². The van der Waals surface area contributed by atoms with Gasteiger partial charge in [-0.15, -0.1) is 0 Å². The van der Waals surface area contributed by atoms with Crippen LogP contribution in [-0.4, -0.2) is 31.2 Å². The van der Waals surface area contributed by atoms with E-state index >= 15 is 0 Å². The van der Waals surface area contributed by atoms with Crippen LogP contribution in [0.25, 0.3) is 0 Å². The Morgan fingerprint density at radius 1 is 0.962 bits per heavy atom. The Morgan fingerprint density at radius 2 is 1.73 bits per heavy atom. The third-order valence-corrected chi connectivity index (χ3v) is 9.26. The van der Waals surface area contributed by atoms with Crippen LogP contribution in [0.15, 0.2) is 0 Å².